The van der Waals surface area contributed by atoms with E-state index < -0.39 is 11.9 Å². The molecule has 1 saturated carbocycles. The third-order valence-electron chi connectivity index (χ3n) is 6.16. The molecule has 0 bridgehead atoms. The minimum absolute atomic E-state index is 0.0861. The van der Waals surface area contributed by atoms with Gasteiger partial charge in [-0.05, 0) is 42.7 Å². The molecule has 0 saturated heterocycles. The lowest BCUT2D eigenvalue weighted by Crippen LogP contribution is -2.44. The fourth-order valence-corrected chi connectivity index (χ4v) is 5.01. The van der Waals surface area contributed by atoms with Crippen LogP contribution in [0.2, 0.25) is 5.02 Å². The lowest BCUT2D eigenvalue weighted by molar-refractivity contribution is -0.131. The fourth-order valence-electron chi connectivity index (χ4n) is 4.75. The van der Waals surface area contributed by atoms with Crippen LogP contribution in [-0.2, 0) is 10.2 Å². The second-order valence-electron chi connectivity index (χ2n) is 7.76. The van der Waals surface area contributed by atoms with Gasteiger partial charge in [0.25, 0.3) is 0 Å². The van der Waals surface area contributed by atoms with Gasteiger partial charge in [0, 0.05) is 35.5 Å². The summed E-state index contributed by atoms with van der Waals surface area (Å²) in [6, 6.07) is 9.92. The molecule has 5 rings (SSSR count). The first-order chi connectivity index (χ1) is 13.5. The molecule has 2 heterocycles. The number of methoxy groups -OCH3 is 1. The Bertz CT molecular complexity index is 1120. The van der Waals surface area contributed by atoms with Crippen molar-refractivity contribution in [2.75, 3.05) is 13.7 Å². The van der Waals surface area contributed by atoms with Gasteiger partial charge in [-0.2, -0.15) is 0 Å². The summed E-state index contributed by atoms with van der Waals surface area (Å²) in [5.41, 5.74) is 3.14. The highest BCUT2D eigenvalue weighted by molar-refractivity contribution is 6.35. The molecule has 2 aromatic carbocycles. The standard InChI is InChI=1S/C22H20ClFN2O2/c1-12(27)26-11-22(9-10-22)19-17-13(23)5-3-7-15(17)25-20(19)21(26)18-14(24)6-4-8-16(18)28-2/h3-8,21,25H,9-11H2,1-2H3. The summed E-state index contributed by atoms with van der Waals surface area (Å²) >= 11 is 6.57. The number of ether oxygens (including phenoxy) is 1. The van der Waals surface area contributed by atoms with Crippen molar-refractivity contribution in [3.05, 3.63) is 64.1 Å². The van der Waals surface area contributed by atoms with Crippen molar-refractivity contribution in [1.29, 1.82) is 0 Å². The highest BCUT2D eigenvalue weighted by atomic mass is 35.5. The number of nitrogens with one attached hydrogen (secondary N) is 1. The Kier molecular flexibility index (Phi) is 3.75. The first-order valence-electron chi connectivity index (χ1n) is 9.37. The normalized spacial score (nSPS) is 19.7. The van der Waals surface area contributed by atoms with Crippen LogP contribution in [0.15, 0.2) is 36.4 Å². The summed E-state index contributed by atoms with van der Waals surface area (Å²) < 4.78 is 20.5. The van der Waals surface area contributed by atoms with Gasteiger partial charge in [-0.15, -0.1) is 0 Å². The summed E-state index contributed by atoms with van der Waals surface area (Å²) in [4.78, 5) is 17.9. The van der Waals surface area contributed by atoms with E-state index in [0.29, 0.717) is 22.9 Å². The number of fused-ring (bicyclic) bond motifs is 4. The Hall–Kier alpha value is -2.53. The number of amides is 1. The van der Waals surface area contributed by atoms with Gasteiger partial charge in [0.15, 0.2) is 0 Å². The number of benzene rings is 2. The predicted molar refractivity (Wildman–Crippen MR) is 106 cm³/mol. The number of hydrogen-bond acceptors (Lipinski definition) is 2. The van der Waals surface area contributed by atoms with Gasteiger partial charge in [-0.3, -0.25) is 4.79 Å². The van der Waals surface area contributed by atoms with Crippen LogP contribution in [0, 0.1) is 5.82 Å². The molecule has 6 heteroatoms. The maximum Gasteiger partial charge on any atom is 0.220 e. The number of aromatic nitrogens is 1. The molecule has 1 atom stereocenters. The number of nitrogens with zero attached hydrogens (tertiary/aromatic N) is 1. The summed E-state index contributed by atoms with van der Waals surface area (Å²) in [6.45, 7) is 2.09. The average molecular weight is 399 g/mol. The Labute approximate surface area is 167 Å². The highest BCUT2D eigenvalue weighted by Crippen LogP contribution is 2.59. The molecular weight excluding hydrogens is 379 g/mol. The van der Waals surface area contributed by atoms with Crippen LogP contribution < -0.4 is 4.74 Å². The third-order valence-corrected chi connectivity index (χ3v) is 6.47. The van der Waals surface area contributed by atoms with Crippen molar-refractivity contribution < 1.29 is 13.9 Å². The molecule has 1 N–H and O–H groups in total. The molecule has 1 aromatic heterocycles. The number of halogens is 2. The summed E-state index contributed by atoms with van der Waals surface area (Å²) in [5.74, 6) is -0.0475. The second-order valence-corrected chi connectivity index (χ2v) is 8.17. The second kappa shape index (κ2) is 5.98. The number of aromatic amines is 1. The van der Waals surface area contributed by atoms with Crippen molar-refractivity contribution >= 4 is 28.4 Å². The molecule has 28 heavy (non-hydrogen) atoms. The Morgan fingerprint density at radius 3 is 2.71 bits per heavy atom. The first-order valence-corrected chi connectivity index (χ1v) is 9.75. The highest BCUT2D eigenvalue weighted by Gasteiger charge is 2.55. The fraction of sp³-hybridized carbons (Fsp3) is 0.318. The number of carbonyl (C=O) groups is 1. The van der Waals surface area contributed by atoms with Crippen LogP contribution in [-0.4, -0.2) is 29.4 Å². The maximum absolute atomic E-state index is 15.0. The van der Waals surface area contributed by atoms with E-state index in [2.05, 4.69) is 4.98 Å². The molecule has 2 aliphatic rings. The SMILES string of the molecule is COc1cccc(F)c1C1c2[nH]c3cccc(Cl)c3c2C2(CC2)CN1C(C)=O. The van der Waals surface area contributed by atoms with Crippen LogP contribution in [0.4, 0.5) is 4.39 Å². The van der Waals surface area contributed by atoms with Crippen molar-refractivity contribution in [3.63, 3.8) is 0 Å². The maximum atomic E-state index is 15.0. The molecular formula is C22H20ClFN2O2. The van der Waals surface area contributed by atoms with E-state index >= 15 is 4.39 Å². The van der Waals surface area contributed by atoms with Crippen LogP contribution in [0.3, 0.4) is 0 Å². The van der Waals surface area contributed by atoms with Crippen LogP contribution in [0.25, 0.3) is 10.9 Å². The summed E-state index contributed by atoms with van der Waals surface area (Å²) in [6.07, 6.45) is 1.98. The van der Waals surface area contributed by atoms with Gasteiger partial charge in [0.1, 0.15) is 17.6 Å². The topological polar surface area (TPSA) is 45.3 Å². The molecule has 1 spiro atoms. The van der Waals surface area contributed by atoms with Crippen LogP contribution in [0.5, 0.6) is 5.75 Å². The summed E-state index contributed by atoms with van der Waals surface area (Å²) in [5, 5.41) is 1.66. The lowest BCUT2D eigenvalue weighted by Gasteiger charge is -2.40. The molecule has 1 unspecified atom stereocenters. The predicted octanol–water partition coefficient (Wildman–Crippen LogP) is 4.95. The first kappa shape index (κ1) is 17.6. The zero-order chi connectivity index (χ0) is 19.6. The third kappa shape index (κ3) is 2.32. The van der Waals surface area contributed by atoms with E-state index in [1.165, 1.54) is 20.1 Å². The number of H-pyrrole nitrogens is 1. The van der Waals surface area contributed by atoms with Gasteiger partial charge < -0.3 is 14.6 Å². The monoisotopic (exact) mass is 398 g/mol. The van der Waals surface area contributed by atoms with Crippen LogP contribution >= 0.6 is 11.6 Å². The van der Waals surface area contributed by atoms with Gasteiger partial charge in [0.05, 0.1) is 17.7 Å². The smallest absolute Gasteiger partial charge is 0.220 e. The van der Waals surface area contributed by atoms with E-state index in [1.54, 1.807) is 17.0 Å². The van der Waals surface area contributed by atoms with E-state index in [0.717, 1.165) is 35.0 Å². The largest absolute Gasteiger partial charge is 0.496 e. The number of rotatable bonds is 2. The summed E-state index contributed by atoms with van der Waals surface area (Å²) in [7, 11) is 1.52. The Morgan fingerprint density at radius 2 is 2.04 bits per heavy atom. The van der Waals surface area contributed by atoms with Crippen molar-refractivity contribution in [1.82, 2.24) is 9.88 Å². The molecule has 0 radical (unpaired) electrons. The molecule has 144 valence electrons. The van der Waals surface area contributed by atoms with E-state index in [1.807, 2.05) is 18.2 Å². The van der Waals surface area contributed by atoms with E-state index in [-0.39, 0.29) is 11.3 Å². The number of hydrogen-bond donors (Lipinski definition) is 1. The molecule has 3 aromatic rings. The molecule has 1 aliphatic heterocycles. The van der Waals surface area contributed by atoms with E-state index in [9.17, 15) is 4.79 Å². The zero-order valence-corrected chi connectivity index (χ0v) is 16.4. The molecule has 1 amide bonds. The minimum Gasteiger partial charge on any atom is -0.496 e. The van der Waals surface area contributed by atoms with Crippen molar-refractivity contribution in [3.8, 4) is 5.75 Å². The minimum atomic E-state index is -0.585. The Morgan fingerprint density at radius 1 is 1.29 bits per heavy atom. The van der Waals surface area contributed by atoms with Gasteiger partial charge in [-0.25, -0.2) is 4.39 Å². The van der Waals surface area contributed by atoms with Crippen molar-refractivity contribution in [2.45, 2.75) is 31.2 Å². The zero-order valence-electron chi connectivity index (χ0n) is 15.7. The lowest BCUT2D eigenvalue weighted by atomic mass is 9.83. The quantitative estimate of drug-likeness (QED) is 0.663. The van der Waals surface area contributed by atoms with Gasteiger partial charge in [0.2, 0.25) is 5.91 Å². The van der Waals surface area contributed by atoms with Gasteiger partial charge in [-0.1, -0.05) is 23.7 Å². The Balaban J connectivity index is 1.86. The van der Waals surface area contributed by atoms with Crippen LogP contribution in [0.1, 0.15) is 42.6 Å². The number of carbonyl (C=O) groups excluding carboxylic acids is 1. The molecule has 1 fully saturated rings. The molecule has 4 nitrogen and oxygen atoms in total. The van der Waals surface area contributed by atoms with Crippen molar-refractivity contribution in [2.24, 2.45) is 0 Å². The average Bonchev–Trinajstić information content (AvgIpc) is 3.31. The van der Waals surface area contributed by atoms with Gasteiger partial charge >= 0.3 is 0 Å². The van der Waals surface area contributed by atoms with E-state index in [4.69, 9.17) is 16.3 Å². The molecule has 1 aliphatic carbocycles.